The number of aryl methyl sites for hydroxylation is 1. The average molecular weight is 442 g/mol. The van der Waals surface area contributed by atoms with Gasteiger partial charge in [-0.1, -0.05) is 0 Å². The number of benzene rings is 2. The van der Waals surface area contributed by atoms with E-state index in [9.17, 15) is 17.6 Å². The Balaban J connectivity index is 1.73. The molecule has 0 unspecified atom stereocenters. The van der Waals surface area contributed by atoms with Gasteiger partial charge in [-0.3, -0.25) is 4.90 Å². The first-order chi connectivity index (χ1) is 17.9. The lowest BCUT2D eigenvalue weighted by Gasteiger charge is -2.36. The van der Waals surface area contributed by atoms with Crippen LogP contribution in [0.3, 0.4) is 0 Å². The van der Waals surface area contributed by atoms with Crippen LogP contribution in [0.5, 0.6) is 0 Å². The van der Waals surface area contributed by atoms with Crippen molar-refractivity contribution in [1.82, 2.24) is 19.7 Å². The van der Waals surface area contributed by atoms with Gasteiger partial charge in [0.1, 0.15) is 18.0 Å². The predicted molar refractivity (Wildman–Crippen MR) is 110 cm³/mol. The molecule has 0 bridgehead atoms. The summed E-state index contributed by atoms with van der Waals surface area (Å²) in [7, 11) is 0. The van der Waals surface area contributed by atoms with Gasteiger partial charge >= 0.3 is 0 Å². The normalized spacial score (nSPS) is 25.3. The first-order valence-electron chi connectivity index (χ1n) is 13.0. The second-order valence-electron chi connectivity index (χ2n) is 6.61. The Morgan fingerprint density at radius 1 is 1.00 bits per heavy atom. The molecule has 31 heavy (non-hydrogen) atoms. The van der Waals surface area contributed by atoms with E-state index in [1.54, 1.807) is 6.92 Å². The summed E-state index contributed by atoms with van der Waals surface area (Å²) < 4.78 is 121. The summed E-state index contributed by atoms with van der Waals surface area (Å²) in [6, 6.07) is 6.70. The van der Waals surface area contributed by atoms with E-state index in [4.69, 9.17) is 11.0 Å². The fraction of sp³-hybridized carbons (Fsp3) is 0.333. The number of alkyl halides is 2. The van der Waals surface area contributed by atoms with Gasteiger partial charge in [0.2, 0.25) is 5.95 Å². The van der Waals surface area contributed by atoms with Crippen molar-refractivity contribution in [1.29, 1.82) is 0 Å². The molecule has 3 aromatic rings. The van der Waals surface area contributed by atoms with Crippen molar-refractivity contribution >= 4 is 17.3 Å². The molecule has 2 heterocycles. The molecule has 0 aliphatic carbocycles. The van der Waals surface area contributed by atoms with Crippen molar-refractivity contribution in [3.8, 4) is 5.69 Å². The molecule has 2 aromatic carbocycles. The molecule has 0 spiro atoms. The van der Waals surface area contributed by atoms with Crippen molar-refractivity contribution in [2.75, 3.05) is 42.7 Å². The second kappa shape index (κ2) is 8.93. The Labute approximate surface area is 188 Å². The lowest BCUT2D eigenvalue weighted by Crippen LogP contribution is -2.47. The molecule has 4 rings (SSSR count). The smallest absolute Gasteiger partial charge is 0.251 e. The number of nitrogens with one attached hydrogen (secondary N) is 1. The second-order valence-corrected chi connectivity index (χ2v) is 6.61. The molecule has 1 N–H and O–H groups in total. The third-order valence-corrected chi connectivity index (χ3v) is 4.09. The summed E-state index contributed by atoms with van der Waals surface area (Å²) in [6.07, 6.45) is -2.10. The van der Waals surface area contributed by atoms with E-state index >= 15 is 0 Å². The van der Waals surface area contributed by atoms with E-state index in [-0.39, 0.29) is 32.8 Å². The van der Waals surface area contributed by atoms with Gasteiger partial charge in [-0.2, -0.15) is 4.98 Å². The third-order valence-electron chi connectivity index (χ3n) is 4.09. The SMILES string of the molecule is [2H]C1([2H])N(CC(F)F)C([2H])([2H])C([2H])([2H])N(c2cc(C)cc(Nc3ncn(-c4cc(F)cc(F)c4)n3)c2)C1([2H])[2H]. The Kier molecular flexibility index (Phi) is 3.83. The summed E-state index contributed by atoms with van der Waals surface area (Å²) >= 11 is 0. The number of hydrogen-bond acceptors (Lipinski definition) is 5. The van der Waals surface area contributed by atoms with Crippen molar-refractivity contribution in [2.24, 2.45) is 0 Å². The fourth-order valence-electron chi connectivity index (χ4n) is 2.84. The van der Waals surface area contributed by atoms with Crippen LogP contribution >= 0.6 is 0 Å². The van der Waals surface area contributed by atoms with Gasteiger partial charge in [-0.05, 0) is 42.8 Å². The van der Waals surface area contributed by atoms with E-state index in [0.717, 1.165) is 23.1 Å². The van der Waals surface area contributed by atoms with Gasteiger partial charge in [-0.15, -0.1) is 5.10 Å². The first kappa shape index (κ1) is 13.3. The van der Waals surface area contributed by atoms with Crippen LogP contribution in [0, 0.1) is 18.6 Å². The number of hydrogen-bond donors (Lipinski definition) is 1. The molecule has 0 amide bonds. The molecule has 1 aliphatic rings. The van der Waals surface area contributed by atoms with Crippen molar-refractivity contribution in [3.63, 3.8) is 0 Å². The Morgan fingerprint density at radius 3 is 2.39 bits per heavy atom. The molecule has 1 fully saturated rings. The maximum atomic E-state index is 13.6. The maximum absolute atomic E-state index is 13.6. The highest BCUT2D eigenvalue weighted by Gasteiger charge is 2.20. The van der Waals surface area contributed by atoms with Crippen LogP contribution in [0.2, 0.25) is 0 Å². The standard InChI is InChI=1S/C21H22F4N6/c1-14-6-17(11-18(7-14)30-4-2-29(3-5-30)12-20(24)25)27-21-26-13-31(28-21)19-9-15(22)8-16(23)10-19/h6-11,13,20H,2-5,12H2,1H3,(H,27,28)/i2D2,3D2,4D2,5D2. The monoisotopic (exact) mass is 442 g/mol. The molecule has 6 nitrogen and oxygen atoms in total. The van der Waals surface area contributed by atoms with Crippen LogP contribution < -0.4 is 10.2 Å². The number of halogens is 4. The van der Waals surface area contributed by atoms with E-state index in [1.807, 2.05) is 0 Å². The van der Waals surface area contributed by atoms with Crippen LogP contribution in [0.15, 0.2) is 42.7 Å². The zero-order valence-electron chi connectivity index (χ0n) is 24.1. The van der Waals surface area contributed by atoms with Crippen LogP contribution in [0.25, 0.3) is 5.69 Å². The van der Waals surface area contributed by atoms with Crippen LogP contribution in [-0.2, 0) is 0 Å². The van der Waals surface area contributed by atoms with Gasteiger partial charge in [0.25, 0.3) is 6.43 Å². The molecule has 0 radical (unpaired) electrons. The average Bonchev–Trinajstić information content (AvgIpc) is 3.23. The topological polar surface area (TPSA) is 49.2 Å². The first-order valence-corrected chi connectivity index (χ1v) is 9.01. The van der Waals surface area contributed by atoms with Gasteiger partial charge in [0.05, 0.1) is 17.7 Å². The van der Waals surface area contributed by atoms with Crippen LogP contribution in [0.1, 0.15) is 16.5 Å². The number of rotatable bonds is 6. The molecule has 10 heteroatoms. The van der Waals surface area contributed by atoms with E-state index < -0.39 is 50.6 Å². The zero-order valence-corrected chi connectivity index (χ0v) is 16.1. The van der Waals surface area contributed by atoms with E-state index in [2.05, 4.69) is 15.4 Å². The van der Waals surface area contributed by atoms with E-state index in [0.29, 0.717) is 11.6 Å². The highest BCUT2D eigenvalue weighted by molar-refractivity contribution is 5.64. The summed E-state index contributed by atoms with van der Waals surface area (Å²) in [5.74, 6) is -1.75. The maximum Gasteiger partial charge on any atom is 0.251 e. The summed E-state index contributed by atoms with van der Waals surface area (Å²) in [5.41, 5.74) is 0.286. The van der Waals surface area contributed by atoms with Gasteiger partial charge in [-0.25, -0.2) is 22.2 Å². The Hall–Kier alpha value is -3.14. The summed E-state index contributed by atoms with van der Waals surface area (Å²) in [6.45, 7) is -13.4. The number of aromatic nitrogens is 3. The molecule has 1 saturated heterocycles. The zero-order chi connectivity index (χ0) is 29.1. The van der Waals surface area contributed by atoms with Gasteiger partial charge in [0, 0.05) is 48.9 Å². The largest absolute Gasteiger partial charge is 0.369 e. The van der Waals surface area contributed by atoms with Crippen molar-refractivity contribution in [3.05, 3.63) is 59.9 Å². The van der Waals surface area contributed by atoms with Crippen molar-refractivity contribution < 1.29 is 28.5 Å². The Morgan fingerprint density at radius 2 is 1.71 bits per heavy atom. The van der Waals surface area contributed by atoms with Crippen molar-refractivity contribution in [2.45, 2.75) is 13.3 Å². The molecule has 1 aliphatic heterocycles. The number of piperazine rings is 1. The Bertz CT molecular complexity index is 1340. The summed E-state index contributed by atoms with van der Waals surface area (Å²) in [4.78, 5) is 4.11. The van der Waals surface area contributed by atoms with Gasteiger partial charge < -0.3 is 10.2 Å². The number of anilines is 3. The molecule has 164 valence electrons. The molecule has 1 aromatic heterocycles. The number of nitrogens with zero attached hydrogens (tertiary/aromatic N) is 5. The highest BCUT2D eigenvalue weighted by Crippen LogP contribution is 2.25. The lowest BCUT2D eigenvalue weighted by atomic mass is 10.1. The van der Waals surface area contributed by atoms with Gasteiger partial charge in [0.15, 0.2) is 0 Å². The summed E-state index contributed by atoms with van der Waals surface area (Å²) in [5, 5.41) is 6.85. The minimum absolute atomic E-state index is 0.0329. The quantitative estimate of drug-likeness (QED) is 0.585. The lowest BCUT2D eigenvalue weighted by molar-refractivity contribution is 0.0854. The molecular weight excluding hydrogens is 412 g/mol. The molecular formula is C21H22F4N6. The van der Waals surface area contributed by atoms with E-state index in [1.165, 1.54) is 18.2 Å². The third kappa shape index (κ3) is 5.32. The van der Waals surface area contributed by atoms with Crippen LogP contribution in [0.4, 0.5) is 34.9 Å². The molecule has 0 saturated carbocycles. The minimum atomic E-state index is -3.39. The fourth-order valence-corrected chi connectivity index (χ4v) is 2.84. The minimum Gasteiger partial charge on any atom is -0.369 e. The predicted octanol–water partition coefficient (Wildman–Crippen LogP) is 3.98. The van der Waals surface area contributed by atoms with Crippen LogP contribution in [-0.4, -0.2) is 58.6 Å². The highest BCUT2D eigenvalue weighted by atomic mass is 19.3. The molecule has 0 atom stereocenters.